The van der Waals surface area contributed by atoms with Crippen LogP contribution < -0.4 is 10.6 Å². The number of alkyl carbamates (subject to hydrolysis) is 1. The number of nitrogens with one attached hydrogen (secondary N) is 2. The number of phenolic OH excluding ortho intramolecular Hbond substituents is 1. The van der Waals surface area contributed by atoms with E-state index in [1.54, 1.807) is 45.0 Å². The zero-order chi connectivity index (χ0) is 28.3. The molecule has 0 aliphatic carbocycles. The molecular weight excluding hydrogens is 502 g/mol. The van der Waals surface area contributed by atoms with Crippen molar-refractivity contribution in [3.8, 4) is 5.75 Å². The van der Waals surface area contributed by atoms with Gasteiger partial charge in [0.25, 0.3) is 5.91 Å². The Hall–Kier alpha value is -3.20. The number of aromatic hydroxyl groups is 1. The Morgan fingerprint density at radius 2 is 1.68 bits per heavy atom. The van der Waals surface area contributed by atoms with Crippen LogP contribution in [0.15, 0.2) is 48.5 Å². The number of unbranched alkanes of at least 4 members (excludes halogenated alkanes) is 3. The van der Waals surface area contributed by atoms with E-state index < -0.39 is 35.6 Å². The molecule has 3 N–H and O–H groups in total. The predicted molar refractivity (Wildman–Crippen MR) is 154 cm³/mol. The number of aryl methyl sites for hydroxylation is 1. The van der Waals surface area contributed by atoms with Crippen LogP contribution in [0.1, 0.15) is 70.5 Å². The van der Waals surface area contributed by atoms with Crippen LogP contribution in [0.5, 0.6) is 5.75 Å². The predicted octanol–water partition coefficient (Wildman–Crippen LogP) is 5.61. The molecule has 38 heavy (non-hydrogen) atoms. The number of carbonyl (C=O) groups is 3. The molecule has 208 valence electrons. The van der Waals surface area contributed by atoms with Gasteiger partial charge in [-0.3, -0.25) is 9.59 Å². The van der Waals surface area contributed by atoms with Crippen molar-refractivity contribution in [1.82, 2.24) is 10.2 Å². The number of carbonyl (C=O) groups excluding carboxylic acids is 3. The molecule has 3 amide bonds. The van der Waals surface area contributed by atoms with Gasteiger partial charge in [-0.25, -0.2) is 4.79 Å². The van der Waals surface area contributed by atoms with Gasteiger partial charge in [0, 0.05) is 23.5 Å². The number of hydrogen-bond donors (Lipinski definition) is 4. The van der Waals surface area contributed by atoms with Crippen LogP contribution in [-0.4, -0.2) is 51.9 Å². The third-order valence-corrected chi connectivity index (χ3v) is 6.27. The lowest BCUT2D eigenvalue weighted by Gasteiger charge is -2.34. The summed E-state index contributed by atoms with van der Waals surface area (Å²) in [6.45, 7) is 9.40. The smallest absolute Gasteiger partial charge is 0.408 e. The molecule has 0 fully saturated rings. The van der Waals surface area contributed by atoms with Gasteiger partial charge in [-0.05, 0) is 51.8 Å². The minimum absolute atomic E-state index is 0.00353. The number of hydrogen-bond acceptors (Lipinski definition) is 6. The number of anilines is 1. The average molecular weight is 544 g/mol. The first kappa shape index (κ1) is 31.0. The van der Waals surface area contributed by atoms with Crippen LogP contribution in [0.3, 0.4) is 0 Å². The van der Waals surface area contributed by atoms with Crippen LogP contribution in [-0.2, 0) is 14.3 Å². The van der Waals surface area contributed by atoms with Crippen molar-refractivity contribution < 1.29 is 24.2 Å². The van der Waals surface area contributed by atoms with Gasteiger partial charge < -0.3 is 25.4 Å². The number of phenols is 1. The van der Waals surface area contributed by atoms with Crippen LogP contribution in [0.4, 0.5) is 10.5 Å². The largest absolute Gasteiger partial charge is 0.508 e. The molecule has 0 radical (unpaired) electrons. The van der Waals surface area contributed by atoms with Gasteiger partial charge in [0.05, 0.1) is 0 Å². The second kappa shape index (κ2) is 14.7. The maximum Gasteiger partial charge on any atom is 0.408 e. The summed E-state index contributed by atoms with van der Waals surface area (Å²) in [6, 6.07) is 11.6. The molecule has 2 unspecified atom stereocenters. The Balaban J connectivity index is 2.49. The summed E-state index contributed by atoms with van der Waals surface area (Å²) in [6.07, 6.45) is 2.74. The highest BCUT2D eigenvalue weighted by molar-refractivity contribution is 7.80. The maximum atomic E-state index is 13.9. The van der Waals surface area contributed by atoms with Crippen LogP contribution >= 0.6 is 12.6 Å². The lowest BCUT2D eigenvalue weighted by molar-refractivity contribution is -0.140. The van der Waals surface area contributed by atoms with Gasteiger partial charge in [-0.15, -0.1) is 0 Å². The fourth-order valence-corrected chi connectivity index (χ4v) is 4.24. The van der Waals surface area contributed by atoms with E-state index in [2.05, 4.69) is 30.2 Å². The first-order valence-electron chi connectivity index (χ1n) is 13.0. The summed E-state index contributed by atoms with van der Waals surface area (Å²) in [5.74, 6) is -1.07. The summed E-state index contributed by atoms with van der Waals surface area (Å²) in [7, 11) is 0. The normalized spacial score (nSPS) is 12.8. The molecule has 0 aromatic heterocycles. The van der Waals surface area contributed by atoms with E-state index in [-0.39, 0.29) is 23.6 Å². The summed E-state index contributed by atoms with van der Waals surface area (Å²) < 4.78 is 5.34. The van der Waals surface area contributed by atoms with Gasteiger partial charge in [-0.1, -0.05) is 62.6 Å². The molecule has 0 aliphatic rings. The molecule has 0 aliphatic heterocycles. The molecule has 2 rings (SSSR count). The van der Waals surface area contributed by atoms with Gasteiger partial charge in [0.1, 0.15) is 23.4 Å². The zero-order valence-corrected chi connectivity index (χ0v) is 23.9. The molecule has 0 spiro atoms. The molecule has 8 nitrogen and oxygen atoms in total. The van der Waals surface area contributed by atoms with Crippen molar-refractivity contribution in [3.05, 3.63) is 59.7 Å². The number of thiol groups is 1. The number of rotatable bonds is 12. The first-order chi connectivity index (χ1) is 18.0. The summed E-state index contributed by atoms with van der Waals surface area (Å²) in [5.41, 5.74) is 1.00. The molecule has 2 aromatic rings. The second-order valence-electron chi connectivity index (χ2n) is 10.2. The fraction of sp³-hybridized carbons (Fsp3) is 0.483. The lowest BCUT2D eigenvalue weighted by Crippen LogP contribution is -2.53. The number of para-hydroxylation sites is 2. The highest BCUT2D eigenvalue weighted by Gasteiger charge is 2.37. The van der Waals surface area contributed by atoms with E-state index in [4.69, 9.17) is 4.74 Å². The Labute approximate surface area is 231 Å². The van der Waals surface area contributed by atoms with Crippen molar-refractivity contribution in [1.29, 1.82) is 0 Å². The topological polar surface area (TPSA) is 108 Å². The first-order valence-corrected chi connectivity index (χ1v) is 13.7. The third kappa shape index (κ3) is 9.28. The van der Waals surface area contributed by atoms with Crippen molar-refractivity contribution in [2.24, 2.45) is 0 Å². The highest BCUT2D eigenvalue weighted by atomic mass is 32.1. The van der Waals surface area contributed by atoms with E-state index >= 15 is 0 Å². The molecule has 0 saturated heterocycles. The minimum Gasteiger partial charge on any atom is -0.508 e. The van der Waals surface area contributed by atoms with Gasteiger partial charge in [-0.2, -0.15) is 12.6 Å². The molecule has 9 heteroatoms. The Morgan fingerprint density at radius 3 is 2.29 bits per heavy atom. The lowest BCUT2D eigenvalue weighted by atomic mass is 10.0. The van der Waals surface area contributed by atoms with Crippen LogP contribution in [0, 0.1) is 6.92 Å². The quantitative estimate of drug-likeness (QED) is 0.206. The molecule has 2 aromatic carbocycles. The Bertz CT molecular complexity index is 1090. The van der Waals surface area contributed by atoms with E-state index in [1.165, 1.54) is 11.0 Å². The number of benzene rings is 2. The molecule has 0 heterocycles. The number of nitrogens with zero attached hydrogens (tertiary/aromatic N) is 1. The van der Waals surface area contributed by atoms with Crippen molar-refractivity contribution in [3.63, 3.8) is 0 Å². The number of amides is 3. The molecule has 0 bridgehead atoms. The van der Waals surface area contributed by atoms with Gasteiger partial charge in [0.2, 0.25) is 5.91 Å². The van der Waals surface area contributed by atoms with E-state index in [1.807, 2.05) is 25.1 Å². The fourth-order valence-electron chi connectivity index (χ4n) is 3.99. The van der Waals surface area contributed by atoms with Gasteiger partial charge >= 0.3 is 6.09 Å². The molecular formula is C29H41N3O5S. The van der Waals surface area contributed by atoms with E-state index in [0.717, 1.165) is 24.8 Å². The van der Waals surface area contributed by atoms with E-state index in [9.17, 15) is 19.5 Å². The SMILES string of the molecule is CCCCCCN(C(=O)C(CS)NC(=O)OC(C)(C)C)C(C(=O)Nc1ccccc1C)c1ccccc1O. The Kier molecular flexibility index (Phi) is 12.0. The van der Waals surface area contributed by atoms with Crippen molar-refractivity contribution in [2.45, 2.75) is 78.0 Å². The van der Waals surface area contributed by atoms with Crippen molar-refractivity contribution in [2.75, 3.05) is 17.6 Å². The average Bonchev–Trinajstić information content (AvgIpc) is 2.85. The third-order valence-electron chi connectivity index (χ3n) is 5.90. The standard InChI is InChI=1S/C29H41N3O5S/c1-6-7-8-13-18-32(27(35)23(19-38)31-28(36)37-29(3,4)5)25(21-15-10-12-17-24(21)33)26(34)30-22-16-11-9-14-20(22)2/h9-12,14-17,23,25,33,38H,6-8,13,18-19H2,1-5H3,(H,30,34)(H,31,36). The minimum atomic E-state index is -1.15. The molecule has 2 atom stereocenters. The zero-order valence-electron chi connectivity index (χ0n) is 23.0. The highest BCUT2D eigenvalue weighted by Crippen LogP contribution is 2.31. The molecule has 0 saturated carbocycles. The van der Waals surface area contributed by atoms with Crippen LogP contribution in [0.2, 0.25) is 0 Å². The summed E-state index contributed by atoms with van der Waals surface area (Å²) >= 11 is 4.31. The number of ether oxygens (including phenoxy) is 1. The van der Waals surface area contributed by atoms with Crippen LogP contribution in [0.25, 0.3) is 0 Å². The maximum absolute atomic E-state index is 13.9. The monoisotopic (exact) mass is 543 g/mol. The summed E-state index contributed by atoms with van der Waals surface area (Å²) in [4.78, 5) is 41.7. The van der Waals surface area contributed by atoms with Crippen molar-refractivity contribution >= 4 is 36.2 Å². The second-order valence-corrected chi connectivity index (χ2v) is 10.6. The van der Waals surface area contributed by atoms with Gasteiger partial charge in [0.15, 0.2) is 0 Å². The van der Waals surface area contributed by atoms with E-state index in [0.29, 0.717) is 12.1 Å². The Morgan fingerprint density at radius 1 is 1.03 bits per heavy atom. The summed E-state index contributed by atoms with van der Waals surface area (Å²) in [5, 5.41) is 16.3.